The zero-order chi connectivity index (χ0) is 13.1. The van der Waals surface area contributed by atoms with E-state index in [2.05, 4.69) is 5.32 Å². The second-order valence-corrected chi connectivity index (χ2v) is 4.93. The third kappa shape index (κ3) is 2.58. The number of hydrogen-bond acceptors (Lipinski definition) is 3. The second-order valence-electron chi connectivity index (χ2n) is 4.93. The number of hydrogen-bond donors (Lipinski definition) is 1. The Morgan fingerprint density at radius 3 is 2.67 bits per heavy atom. The Hall–Kier alpha value is -1.29. The van der Waals surface area contributed by atoms with Crippen LogP contribution in [0, 0.1) is 6.92 Å². The molecule has 1 aromatic rings. The van der Waals surface area contributed by atoms with Crippen molar-refractivity contribution in [3.05, 3.63) is 23.2 Å². The largest absolute Gasteiger partial charge is 0.456 e. The van der Waals surface area contributed by atoms with Crippen LogP contribution in [0.5, 0.6) is 0 Å². The van der Waals surface area contributed by atoms with E-state index in [4.69, 9.17) is 4.42 Å². The molecule has 100 valence electrons. The van der Waals surface area contributed by atoms with Crippen molar-refractivity contribution in [2.45, 2.75) is 39.2 Å². The van der Waals surface area contributed by atoms with E-state index in [9.17, 15) is 4.79 Å². The Labute approximate surface area is 108 Å². The number of carbonyl (C=O) groups is 1. The molecule has 18 heavy (non-hydrogen) atoms. The number of rotatable bonds is 3. The van der Waals surface area contributed by atoms with E-state index in [-0.39, 0.29) is 5.91 Å². The first kappa shape index (κ1) is 13.1. The molecule has 4 nitrogen and oxygen atoms in total. The summed E-state index contributed by atoms with van der Waals surface area (Å²) < 4.78 is 5.62. The van der Waals surface area contributed by atoms with Gasteiger partial charge < -0.3 is 14.6 Å². The summed E-state index contributed by atoms with van der Waals surface area (Å²) in [6.45, 7) is 5.65. The first-order chi connectivity index (χ1) is 8.65. The number of carbonyl (C=O) groups excluding carboxylic acids is 1. The van der Waals surface area contributed by atoms with Gasteiger partial charge in [0.25, 0.3) is 5.91 Å². The Bertz CT molecular complexity index is 417. The van der Waals surface area contributed by atoms with Gasteiger partial charge in [0.15, 0.2) is 5.76 Å². The minimum absolute atomic E-state index is 0.0346. The topological polar surface area (TPSA) is 45.5 Å². The number of nitrogens with zero attached hydrogens (tertiary/aromatic N) is 1. The van der Waals surface area contributed by atoms with Crippen molar-refractivity contribution in [3.8, 4) is 0 Å². The van der Waals surface area contributed by atoms with Crippen LogP contribution in [0.1, 0.15) is 41.6 Å². The van der Waals surface area contributed by atoms with Gasteiger partial charge in [0.05, 0.1) is 0 Å². The zero-order valence-corrected chi connectivity index (χ0v) is 11.5. The van der Waals surface area contributed by atoms with Crippen LogP contribution in [0.25, 0.3) is 0 Å². The lowest BCUT2D eigenvalue weighted by atomic mass is 10.1. The lowest BCUT2D eigenvalue weighted by molar-refractivity contribution is 0.0673. The number of aryl methyl sites for hydroxylation is 2. The monoisotopic (exact) mass is 250 g/mol. The lowest BCUT2D eigenvalue weighted by Gasteiger charge is -2.31. The summed E-state index contributed by atoms with van der Waals surface area (Å²) in [6.07, 6.45) is 2.87. The van der Waals surface area contributed by atoms with Crippen LogP contribution < -0.4 is 5.32 Å². The smallest absolute Gasteiger partial charge is 0.289 e. The van der Waals surface area contributed by atoms with Crippen molar-refractivity contribution in [2.24, 2.45) is 0 Å². The molecule has 2 rings (SSSR count). The summed E-state index contributed by atoms with van der Waals surface area (Å²) in [5, 5.41) is 3.26. The molecule has 0 saturated carbocycles. The van der Waals surface area contributed by atoms with Gasteiger partial charge in [-0.25, -0.2) is 0 Å². The number of likely N-dealkylation sites (tertiary alicyclic amines) is 1. The van der Waals surface area contributed by atoms with Crippen LogP contribution in [0.2, 0.25) is 0 Å². The fraction of sp³-hybridized carbons (Fsp3) is 0.643. The van der Waals surface area contributed by atoms with Gasteiger partial charge in [0.2, 0.25) is 0 Å². The van der Waals surface area contributed by atoms with Gasteiger partial charge in [0, 0.05) is 25.6 Å². The molecule has 2 heterocycles. The van der Waals surface area contributed by atoms with Crippen LogP contribution in [0.15, 0.2) is 10.5 Å². The number of furan rings is 1. The maximum absolute atomic E-state index is 12.3. The van der Waals surface area contributed by atoms with E-state index in [1.54, 1.807) is 0 Å². The van der Waals surface area contributed by atoms with Gasteiger partial charge in [-0.2, -0.15) is 0 Å². The number of nitrogens with one attached hydrogen (secondary N) is 1. The summed E-state index contributed by atoms with van der Waals surface area (Å²) in [5.41, 5.74) is 1.07. The van der Waals surface area contributed by atoms with E-state index in [1.165, 1.54) is 0 Å². The lowest BCUT2D eigenvalue weighted by Crippen LogP contribution is -2.43. The van der Waals surface area contributed by atoms with Crippen molar-refractivity contribution in [1.82, 2.24) is 10.2 Å². The highest BCUT2D eigenvalue weighted by Crippen LogP contribution is 2.19. The molecule has 1 amide bonds. The average molecular weight is 250 g/mol. The SMILES string of the molecule is CCc1oc(C(=O)N2CCC(NC)CC2)cc1C. The zero-order valence-electron chi connectivity index (χ0n) is 11.5. The third-order valence-electron chi connectivity index (χ3n) is 3.74. The first-order valence-electron chi connectivity index (χ1n) is 6.71. The molecular weight excluding hydrogens is 228 g/mol. The molecule has 1 aliphatic rings. The molecular formula is C14H22N2O2. The van der Waals surface area contributed by atoms with Gasteiger partial charge in [-0.15, -0.1) is 0 Å². The van der Waals surface area contributed by atoms with Crippen molar-refractivity contribution in [3.63, 3.8) is 0 Å². The Morgan fingerprint density at radius 2 is 2.17 bits per heavy atom. The third-order valence-corrected chi connectivity index (χ3v) is 3.74. The molecule has 0 aromatic carbocycles. The van der Waals surface area contributed by atoms with E-state index in [1.807, 2.05) is 31.9 Å². The number of piperidine rings is 1. The minimum Gasteiger partial charge on any atom is -0.456 e. The molecule has 1 saturated heterocycles. The quantitative estimate of drug-likeness (QED) is 0.892. The van der Waals surface area contributed by atoms with Gasteiger partial charge in [-0.05, 0) is 38.4 Å². The first-order valence-corrected chi connectivity index (χ1v) is 6.71. The second kappa shape index (κ2) is 5.57. The Balaban J connectivity index is 2.03. The van der Waals surface area contributed by atoms with Gasteiger partial charge in [-0.1, -0.05) is 6.92 Å². The maximum atomic E-state index is 12.3. The van der Waals surface area contributed by atoms with Crippen molar-refractivity contribution < 1.29 is 9.21 Å². The molecule has 0 unspecified atom stereocenters. The predicted molar refractivity (Wildman–Crippen MR) is 70.8 cm³/mol. The highest BCUT2D eigenvalue weighted by atomic mass is 16.4. The average Bonchev–Trinajstić information content (AvgIpc) is 2.79. The molecule has 1 fully saturated rings. The number of amides is 1. The standard InChI is InChI=1S/C14H22N2O2/c1-4-12-10(2)9-13(18-12)14(17)16-7-5-11(15-3)6-8-16/h9,11,15H,4-8H2,1-3H3. The predicted octanol–water partition coefficient (Wildman–Crippen LogP) is 1.97. The molecule has 1 N–H and O–H groups in total. The van der Waals surface area contributed by atoms with Crippen molar-refractivity contribution in [2.75, 3.05) is 20.1 Å². The summed E-state index contributed by atoms with van der Waals surface area (Å²) in [6, 6.07) is 2.41. The van der Waals surface area contributed by atoms with Crippen LogP contribution in [0.4, 0.5) is 0 Å². The minimum atomic E-state index is 0.0346. The van der Waals surface area contributed by atoms with E-state index in [0.29, 0.717) is 11.8 Å². The summed E-state index contributed by atoms with van der Waals surface area (Å²) in [7, 11) is 1.98. The fourth-order valence-corrected chi connectivity index (χ4v) is 2.50. The van der Waals surface area contributed by atoms with Gasteiger partial charge in [-0.3, -0.25) is 4.79 Å². The molecule has 0 bridgehead atoms. The van der Waals surface area contributed by atoms with Gasteiger partial charge in [0.1, 0.15) is 5.76 Å². The molecule has 0 spiro atoms. The van der Waals surface area contributed by atoms with Crippen molar-refractivity contribution >= 4 is 5.91 Å². The molecule has 4 heteroatoms. The highest BCUT2D eigenvalue weighted by Gasteiger charge is 2.25. The normalized spacial score (nSPS) is 17.2. The van der Waals surface area contributed by atoms with Crippen LogP contribution in [-0.4, -0.2) is 37.0 Å². The van der Waals surface area contributed by atoms with Crippen LogP contribution in [0.3, 0.4) is 0 Å². The molecule has 0 atom stereocenters. The van der Waals surface area contributed by atoms with Crippen molar-refractivity contribution in [1.29, 1.82) is 0 Å². The Morgan fingerprint density at radius 1 is 1.50 bits per heavy atom. The van der Waals surface area contributed by atoms with E-state index in [0.717, 1.165) is 43.7 Å². The summed E-state index contributed by atoms with van der Waals surface area (Å²) >= 11 is 0. The molecule has 1 aliphatic heterocycles. The fourth-order valence-electron chi connectivity index (χ4n) is 2.50. The highest BCUT2D eigenvalue weighted by molar-refractivity contribution is 5.91. The maximum Gasteiger partial charge on any atom is 0.289 e. The van der Waals surface area contributed by atoms with Crippen LogP contribution in [-0.2, 0) is 6.42 Å². The summed E-state index contributed by atoms with van der Waals surface area (Å²) in [5.74, 6) is 1.45. The molecule has 0 aliphatic carbocycles. The van der Waals surface area contributed by atoms with Gasteiger partial charge >= 0.3 is 0 Å². The van der Waals surface area contributed by atoms with Crippen LogP contribution >= 0.6 is 0 Å². The molecule has 0 radical (unpaired) electrons. The Kier molecular flexibility index (Phi) is 4.07. The molecule has 1 aromatic heterocycles. The summed E-state index contributed by atoms with van der Waals surface area (Å²) in [4.78, 5) is 14.2. The van der Waals surface area contributed by atoms with E-state index >= 15 is 0 Å². The van der Waals surface area contributed by atoms with E-state index < -0.39 is 0 Å².